The van der Waals surface area contributed by atoms with Crippen LogP contribution in [0, 0.1) is 11.8 Å². The average Bonchev–Trinajstić information content (AvgIpc) is 3.01. The molecule has 1 aromatic carbocycles. The van der Waals surface area contributed by atoms with Gasteiger partial charge in [-0.15, -0.1) is 0 Å². The number of rotatable bonds is 17. The molecule has 0 unspecified atom stereocenters. The summed E-state index contributed by atoms with van der Waals surface area (Å²) in [5.41, 5.74) is -0.100. The number of likely N-dealkylation sites (N-methyl/N-ethyl adjacent to an activating group) is 3. The Hall–Kier alpha value is -4.69. The minimum atomic E-state index is -1.73. The van der Waals surface area contributed by atoms with Gasteiger partial charge in [-0.3, -0.25) is 28.9 Å². The van der Waals surface area contributed by atoms with Crippen LogP contribution in [0.15, 0.2) is 30.3 Å². The Morgan fingerprint density at radius 1 is 0.780 bits per heavy atom. The largest absolute Gasteiger partial charge is 0.481 e. The van der Waals surface area contributed by atoms with Crippen LogP contribution in [0.3, 0.4) is 0 Å². The van der Waals surface area contributed by atoms with E-state index in [0.29, 0.717) is 12.0 Å². The maximum Gasteiger partial charge on any atom is 0.410 e. The van der Waals surface area contributed by atoms with Crippen molar-refractivity contribution in [3.63, 3.8) is 0 Å². The van der Waals surface area contributed by atoms with Crippen molar-refractivity contribution < 1.29 is 48.5 Å². The molecule has 0 bridgehead atoms. The molecular weight excluding hydrogens is 650 g/mol. The van der Waals surface area contributed by atoms with Crippen molar-refractivity contribution in [3.05, 3.63) is 35.9 Å². The van der Waals surface area contributed by atoms with Crippen LogP contribution in [-0.2, 0) is 39.9 Å². The second kappa shape index (κ2) is 18.9. The zero-order chi connectivity index (χ0) is 38.7. The Morgan fingerprint density at radius 2 is 1.32 bits per heavy atom. The molecule has 0 heterocycles. The highest BCUT2D eigenvalue weighted by atomic mass is 16.6. The van der Waals surface area contributed by atoms with E-state index in [-0.39, 0.29) is 12.3 Å². The van der Waals surface area contributed by atoms with Crippen LogP contribution in [0.2, 0.25) is 0 Å². The van der Waals surface area contributed by atoms with E-state index < -0.39 is 89.8 Å². The molecule has 1 aromatic rings. The van der Waals surface area contributed by atoms with Crippen LogP contribution in [0.4, 0.5) is 4.79 Å². The summed E-state index contributed by atoms with van der Waals surface area (Å²) in [4.78, 5) is 94.3. The van der Waals surface area contributed by atoms with Gasteiger partial charge in [0.15, 0.2) is 0 Å². The maximum atomic E-state index is 14.2. The van der Waals surface area contributed by atoms with Crippen LogP contribution in [0.1, 0.15) is 73.8 Å². The second-order valence-electron chi connectivity index (χ2n) is 13.9. The number of amides is 5. The summed E-state index contributed by atoms with van der Waals surface area (Å²) >= 11 is 0. The molecule has 4 N–H and O–H groups in total. The number of ether oxygens (including phenoxy) is 1. The molecule has 0 aromatic heterocycles. The van der Waals surface area contributed by atoms with E-state index in [1.165, 1.54) is 37.9 Å². The molecular formula is C35H55N5O10. The van der Waals surface area contributed by atoms with Crippen LogP contribution < -0.4 is 10.6 Å². The highest BCUT2D eigenvalue weighted by Gasteiger charge is 2.40. The lowest BCUT2D eigenvalue weighted by molar-refractivity contribution is -0.151. The number of nitrogens with zero attached hydrogens (tertiary/aromatic N) is 3. The zero-order valence-electron chi connectivity index (χ0n) is 31.1. The Labute approximate surface area is 294 Å². The van der Waals surface area contributed by atoms with Crippen molar-refractivity contribution in [3.8, 4) is 0 Å². The number of nitrogens with one attached hydrogen (secondary N) is 2. The summed E-state index contributed by atoms with van der Waals surface area (Å²) in [7, 11) is 4.21. The average molecular weight is 706 g/mol. The van der Waals surface area contributed by atoms with Crippen molar-refractivity contribution in [2.45, 2.75) is 110 Å². The quantitative estimate of drug-likeness (QED) is 0.186. The van der Waals surface area contributed by atoms with Crippen molar-refractivity contribution in [1.29, 1.82) is 0 Å². The fraction of sp³-hybridized carbons (Fsp3) is 0.629. The first-order valence-corrected chi connectivity index (χ1v) is 16.6. The van der Waals surface area contributed by atoms with Gasteiger partial charge in [0.25, 0.3) is 0 Å². The lowest BCUT2D eigenvalue weighted by Gasteiger charge is -2.37. The molecule has 1 rings (SSSR count). The third-order valence-corrected chi connectivity index (χ3v) is 8.31. The Bertz CT molecular complexity index is 1360. The molecule has 0 aliphatic carbocycles. The Morgan fingerprint density at radius 3 is 1.78 bits per heavy atom. The van der Waals surface area contributed by atoms with Gasteiger partial charge < -0.3 is 35.4 Å². The van der Waals surface area contributed by atoms with Gasteiger partial charge in [-0.1, -0.05) is 64.4 Å². The number of aliphatic carboxylic acids is 2. The molecule has 0 spiro atoms. The smallest absolute Gasteiger partial charge is 0.410 e. The molecule has 5 amide bonds. The van der Waals surface area contributed by atoms with Gasteiger partial charge in [-0.05, 0) is 45.1 Å². The number of carbonyl (C=O) groups excluding carboxylic acids is 5. The van der Waals surface area contributed by atoms with Gasteiger partial charge in [-0.2, -0.15) is 0 Å². The molecule has 50 heavy (non-hydrogen) atoms. The first-order valence-electron chi connectivity index (χ1n) is 16.6. The Kier molecular flexibility index (Phi) is 16.4. The van der Waals surface area contributed by atoms with Gasteiger partial charge in [-0.25, -0.2) is 9.59 Å². The molecule has 0 aliphatic rings. The predicted octanol–water partition coefficient (Wildman–Crippen LogP) is 2.37. The lowest BCUT2D eigenvalue weighted by Crippen LogP contribution is -2.60. The monoisotopic (exact) mass is 705 g/mol. The normalized spacial score (nSPS) is 15.0. The zero-order valence-corrected chi connectivity index (χ0v) is 31.1. The molecule has 0 radical (unpaired) electrons. The Balaban J connectivity index is 3.41. The first-order chi connectivity index (χ1) is 23.0. The number of benzene rings is 1. The summed E-state index contributed by atoms with van der Waals surface area (Å²) < 4.78 is 5.46. The highest BCUT2D eigenvalue weighted by molar-refractivity contribution is 5.96. The molecule has 280 valence electrons. The molecule has 15 heteroatoms. The highest BCUT2D eigenvalue weighted by Crippen LogP contribution is 2.20. The summed E-state index contributed by atoms with van der Waals surface area (Å²) in [5.74, 6) is -6.55. The third kappa shape index (κ3) is 12.6. The van der Waals surface area contributed by atoms with E-state index in [1.807, 2.05) is 6.92 Å². The van der Waals surface area contributed by atoms with E-state index in [2.05, 4.69) is 10.6 Å². The summed E-state index contributed by atoms with van der Waals surface area (Å²) in [6.45, 7) is 13.5. The summed E-state index contributed by atoms with van der Waals surface area (Å²) in [6.07, 6.45) is -0.993. The molecule has 6 atom stereocenters. The van der Waals surface area contributed by atoms with Crippen LogP contribution in [0.25, 0.3) is 0 Å². The van der Waals surface area contributed by atoms with E-state index >= 15 is 0 Å². The molecule has 0 aliphatic heterocycles. The summed E-state index contributed by atoms with van der Waals surface area (Å²) in [6, 6.07) is 2.61. The van der Waals surface area contributed by atoms with Crippen molar-refractivity contribution >= 4 is 41.7 Å². The summed E-state index contributed by atoms with van der Waals surface area (Å²) in [5, 5.41) is 23.5. The fourth-order valence-corrected chi connectivity index (χ4v) is 5.46. The van der Waals surface area contributed by atoms with Crippen molar-refractivity contribution in [2.24, 2.45) is 11.8 Å². The molecule has 0 saturated heterocycles. The van der Waals surface area contributed by atoms with E-state index in [0.717, 1.165) is 4.90 Å². The third-order valence-electron chi connectivity index (χ3n) is 8.31. The predicted molar refractivity (Wildman–Crippen MR) is 185 cm³/mol. The topological polar surface area (TPSA) is 203 Å². The number of hydrogen-bond acceptors (Lipinski definition) is 8. The van der Waals surface area contributed by atoms with E-state index in [1.54, 1.807) is 71.9 Å². The SMILES string of the molecule is CC[C@H](C)[C@@H](C(=O)N[C@@H](C)C(=O)N(C)[C@@H](Cc1ccccc1)C(=O)N(C)[C@H](C(=O)N[C@@H](CC(=O)O)C(=O)O)C(C)C)N(C)C(=O)OC(C)(C)C. The van der Waals surface area contributed by atoms with Crippen LogP contribution in [0.5, 0.6) is 0 Å². The standard InChI is InChI=1S/C35H55N5O10/c1-12-21(4)28(40(11)34(49)50-35(6,7)8)30(44)36-22(5)31(45)38(9)25(18-23-16-14-13-15-17-23)32(46)39(10)27(20(2)3)29(43)37-24(33(47)48)19-26(41)42/h13-17,20-22,24-25,27-28H,12,18-19H2,1-11H3,(H,36,44)(H,37,43)(H,41,42)(H,47,48)/t21-,22-,24-,25-,27-,28-/m0/s1. The van der Waals surface area contributed by atoms with Gasteiger partial charge >= 0.3 is 18.0 Å². The molecule has 0 fully saturated rings. The van der Waals surface area contributed by atoms with Crippen molar-refractivity contribution in [2.75, 3.05) is 21.1 Å². The number of carbonyl (C=O) groups is 7. The van der Waals surface area contributed by atoms with Crippen LogP contribution in [-0.4, -0.2) is 124 Å². The first kappa shape index (κ1) is 43.3. The van der Waals surface area contributed by atoms with Crippen molar-refractivity contribution in [1.82, 2.24) is 25.3 Å². The number of carboxylic acids is 2. The van der Waals surface area contributed by atoms with E-state index in [4.69, 9.17) is 9.84 Å². The fourth-order valence-electron chi connectivity index (χ4n) is 5.46. The maximum absolute atomic E-state index is 14.2. The van der Waals surface area contributed by atoms with Gasteiger partial charge in [0.2, 0.25) is 23.6 Å². The minimum Gasteiger partial charge on any atom is -0.481 e. The number of hydrogen-bond donors (Lipinski definition) is 4. The van der Waals surface area contributed by atoms with Gasteiger partial charge in [0.05, 0.1) is 6.42 Å². The lowest BCUT2D eigenvalue weighted by atomic mass is 9.96. The van der Waals surface area contributed by atoms with Crippen LogP contribution >= 0.6 is 0 Å². The second-order valence-corrected chi connectivity index (χ2v) is 13.9. The van der Waals surface area contributed by atoms with E-state index in [9.17, 15) is 38.7 Å². The van der Waals surface area contributed by atoms with Gasteiger partial charge in [0.1, 0.15) is 35.8 Å². The molecule has 0 saturated carbocycles. The van der Waals surface area contributed by atoms with Gasteiger partial charge in [0, 0.05) is 27.6 Å². The minimum absolute atomic E-state index is 0.0347. The molecule has 15 nitrogen and oxygen atoms in total. The number of carboxylic acid groups (broad SMARTS) is 2.